The number of allylic oxidation sites excluding steroid dienone is 2. The fraction of sp³-hybridized carbons (Fsp3) is 0.250. The Balaban J connectivity index is 1.91. The van der Waals surface area contributed by atoms with Crippen LogP contribution in [0.15, 0.2) is 71.5 Å². The largest absolute Gasteiger partial charge is 0.384 e. The van der Waals surface area contributed by atoms with Crippen molar-refractivity contribution in [2.45, 2.75) is 26.8 Å². The van der Waals surface area contributed by atoms with E-state index in [-0.39, 0.29) is 11.8 Å². The second kappa shape index (κ2) is 8.77. The maximum Gasteiger partial charge on any atom is 0.187 e. The highest BCUT2D eigenvalue weighted by Crippen LogP contribution is 2.03. The Labute approximate surface area is 143 Å². The summed E-state index contributed by atoms with van der Waals surface area (Å²) in [5.41, 5.74) is 3.32. The van der Waals surface area contributed by atoms with Gasteiger partial charge in [0.25, 0.3) is 0 Å². The van der Waals surface area contributed by atoms with Crippen molar-refractivity contribution in [1.82, 2.24) is 10.3 Å². The Morgan fingerprint density at radius 2 is 1.88 bits per heavy atom. The predicted molar refractivity (Wildman–Crippen MR) is 98.4 cm³/mol. The topological polar surface area (TPSA) is 54.4 Å². The Kier molecular flexibility index (Phi) is 6.43. The van der Waals surface area contributed by atoms with Gasteiger partial charge in [0.1, 0.15) is 0 Å². The number of hydrogen-bond acceptors (Lipinski definition) is 4. The number of rotatable bonds is 7. The Morgan fingerprint density at radius 3 is 2.54 bits per heavy atom. The van der Waals surface area contributed by atoms with Gasteiger partial charge in [-0.3, -0.25) is 14.8 Å². The number of hydrogen-bond donors (Lipinski definition) is 1. The first-order chi connectivity index (χ1) is 11.6. The van der Waals surface area contributed by atoms with Crippen molar-refractivity contribution in [2.24, 2.45) is 4.99 Å². The molecule has 0 fully saturated rings. The molecule has 0 saturated carbocycles. The van der Waals surface area contributed by atoms with Crippen LogP contribution >= 0.6 is 0 Å². The maximum absolute atomic E-state index is 12.1. The molecule has 24 heavy (non-hydrogen) atoms. The predicted octanol–water partition coefficient (Wildman–Crippen LogP) is 3.66. The second-order valence-corrected chi connectivity index (χ2v) is 5.74. The maximum atomic E-state index is 12.1. The van der Waals surface area contributed by atoms with Crippen molar-refractivity contribution in [3.05, 3.63) is 77.8 Å². The lowest BCUT2D eigenvalue weighted by Gasteiger charge is -2.13. The number of aromatic nitrogens is 1. The van der Waals surface area contributed by atoms with Crippen LogP contribution in [0.5, 0.6) is 0 Å². The molecule has 0 amide bonds. The molecule has 1 unspecified atom stereocenters. The van der Waals surface area contributed by atoms with Crippen molar-refractivity contribution in [2.75, 3.05) is 6.54 Å². The molecule has 1 heterocycles. The molecule has 0 aliphatic rings. The fourth-order valence-corrected chi connectivity index (χ4v) is 2.29. The van der Waals surface area contributed by atoms with E-state index >= 15 is 0 Å². The molecular formula is C20H23N3O. The zero-order valence-electron chi connectivity index (χ0n) is 14.4. The first kappa shape index (κ1) is 17.6. The first-order valence-electron chi connectivity index (χ1n) is 8.03. The van der Waals surface area contributed by atoms with Gasteiger partial charge in [0.2, 0.25) is 0 Å². The van der Waals surface area contributed by atoms with E-state index in [1.807, 2.05) is 69.3 Å². The molecule has 1 N–H and O–H groups in total. The average molecular weight is 321 g/mol. The summed E-state index contributed by atoms with van der Waals surface area (Å²) in [6.45, 7) is 6.51. The molecule has 1 aromatic heterocycles. The fourth-order valence-electron chi connectivity index (χ4n) is 2.29. The van der Waals surface area contributed by atoms with E-state index in [1.165, 1.54) is 0 Å². The number of carbonyl (C=O) groups is 1. The van der Waals surface area contributed by atoms with Crippen LogP contribution in [0, 0.1) is 0 Å². The van der Waals surface area contributed by atoms with E-state index in [2.05, 4.69) is 15.3 Å². The molecule has 124 valence electrons. The van der Waals surface area contributed by atoms with Gasteiger partial charge in [-0.15, -0.1) is 0 Å². The van der Waals surface area contributed by atoms with Crippen LogP contribution in [0.2, 0.25) is 0 Å². The highest BCUT2D eigenvalue weighted by Gasteiger charge is 2.05. The monoisotopic (exact) mass is 321 g/mol. The third kappa shape index (κ3) is 5.47. The molecule has 0 bridgehead atoms. The van der Waals surface area contributed by atoms with Gasteiger partial charge >= 0.3 is 0 Å². The Morgan fingerprint density at radius 1 is 1.17 bits per heavy atom. The van der Waals surface area contributed by atoms with Crippen molar-refractivity contribution in [1.29, 1.82) is 0 Å². The summed E-state index contributed by atoms with van der Waals surface area (Å²) in [7, 11) is 0. The number of benzene rings is 1. The van der Waals surface area contributed by atoms with Crippen LogP contribution in [-0.2, 0) is 0 Å². The van der Waals surface area contributed by atoms with E-state index in [0.29, 0.717) is 12.1 Å². The van der Waals surface area contributed by atoms with Crippen LogP contribution in [0.3, 0.4) is 0 Å². The first-order valence-corrected chi connectivity index (χ1v) is 8.03. The number of aliphatic imine (C=N–C) groups is 1. The number of pyridine rings is 1. The molecule has 2 aromatic rings. The Bertz CT molecular complexity index is 721. The highest BCUT2D eigenvalue weighted by molar-refractivity contribution is 6.04. The van der Waals surface area contributed by atoms with E-state index in [0.717, 1.165) is 17.1 Å². The summed E-state index contributed by atoms with van der Waals surface area (Å²) in [5, 5.41) is 3.30. The molecule has 2 rings (SSSR count). The van der Waals surface area contributed by atoms with Crippen LogP contribution in [0.25, 0.3) is 0 Å². The highest BCUT2D eigenvalue weighted by atomic mass is 16.1. The van der Waals surface area contributed by atoms with Crippen molar-refractivity contribution < 1.29 is 4.79 Å². The van der Waals surface area contributed by atoms with E-state index in [4.69, 9.17) is 0 Å². The van der Waals surface area contributed by atoms with Gasteiger partial charge in [-0.25, -0.2) is 0 Å². The third-order valence-corrected chi connectivity index (χ3v) is 3.52. The second-order valence-electron chi connectivity index (χ2n) is 5.74. The van der Waals surface area contributed by atoms with Crippen LogP contribution < -0.4 is 5.32 Å². The minimum Gasteiger partial charge on any atom is -0.384 e. The van der Waals surface area contributed by atoms with Crippen molar-refractivity contribution >= 4 is 11.5 Å². The summed E-state index contributed by atoms with van der Waals surface area (Å²) >= 11 is 0. The number of nitrogens with zero attached hydrogens (tertiary/aromatic N) is 2. The zero-order valence-corrected chi connectivity index (χ0v) is 14.4. The molecule has 1 atom stereocenters. The SMILES string of the molecule is CC(=NCC(C)N/C(C)=C/C(=O)c1ccccc1)c1ccccn1. The minimum absolute atomic E-state index is 0.000896. The molecular weight excluding hydrogens is 298 g/mol. The molecule has 4 nitrogen and oxygen atoms in total. The van der Waals surface area contributed by atoms with Crippen molar-refractivity contribution in [3.63, 3.8) is 0 Å². The molecule has 0 aliphatic carbocycles. The van der Waals surface area contributed by atoms with Crippen LogP contribution in [0.4, 0.5) is 0 Å². The summed E-state index contributed by atoms with van der Waals surface area (Å²) in [6, 6.07) is 15.2. The number of nitrogens with one attached hydrogen (secondary N) is 1. The van der Waals surface area contributed by atoms with Gasteiger partial charge < -0.3 is 5.32 Å². The molecule has 4 heteroatoms. The molecule has 0 aliphatic heterocycles. The van der Waals surface area contributed by atoms with Gasteiger partial charge in [0, 0.05) is 29.6 Å². The minimum atomic E-state index is 0.000896. The van der Waals surface area contributed by atoms with E-state index in [9.17, 15) is 4.79 Å². The quantitative estimate of drug-likeness (QED) is 0.481. The number of carbonyl (C=O) groups excluding carboxylic acids is 1. The summed E-state index contributed by atoms with van der Waals surface area (Å²) in [6.07, 6.45) is 3.39. The van der Waals surface area contributed by atoms with Crippen molar-refractivity contribution in [3.8, 4) is 0 Å². The lowest BCUT2D eigenvalue weighted by Crippen LogP contribution is -2.28. The summed E-state index contributed by atoms with van der Waals surface area (Å²) in [5.74, 6) is 0.000896. The standard InChI is InChI=1S/C20H23N3O/c1-15(13-20(24)18-9-5-4-6-10-18)23-16(2)14-22-17(3)19-11-7-8-12-21-19/h4-13,16,23H,14H2,1-3H3/b15-13+,22-17?. The number of ketones is 1. The van der Waals surface area contributed by atoms with Crippen LogP contribution in [-0.4, -0.2) is 29.1 Å². The molecule has 1 aromatic carbocycles. The molecule has 0 spiro atoms. The molecule has 0 radical (unpaired) electrons. The molecule has 0 saturated heterocycles. The van der Waals surface area contributed by atoms with Gasteiger partial charge in [-0.05, 0) is 32.9 Å². The van der Waals surface area contributed by atoms with Crippen LogP contribution in [0.1, 0.15) is 36.8 Å². The van der Waals surface area contributed by atoms with E-state index in [1.54, 1.807) is 12.3 Å². The lowest BCUT2D eigenvalue weighted by atomic mass is 10.1. The van der Waals surface area contributed by atoms with Gasteiger partial charge in [-0.1, -0.05) is 36.4 Å². The van der Waals surface area contributed by atoms with E-state index < -0.39 is 0 Å². The van der Waals surface area contributed by atoms with Gasteiger partial charge in [0.05, 0.1) is 18.0 Å². The average Bonchev–Trinajstić information content (AvgIpc) is 2.61. The normalized spacial score (nSPS) is 13.5. The van der Waals surface area contributed by atoms with Gasteiger partial charge in [0.15, 0.2) is 5.78 Å². The lowest BCUT2D eigenvalue weighted by molar-refractivity contribution is 0.104. The summed E-state index contributed by atoms with van der Waals surface area (Å²) in [4.78, 5) is 21.0. The third-order valence-electron chi connectivity index (χ3n) is 3.52. The van der Waals surface area contributed by atoms with Gasteiger partial charge in [-0.2, -0.15) is 0 Å². The Hall–Kier alpha value is -2.75. The summed E-state index contributed by atoms with van der Waals surface area (Å²) < 4.78 is 0. The zero-order chi connectivity index (χ0) is 17.4. The smallest absolute Gasteiger partial charge is 0.187 e.